The van der Waals surface area contributed by atoms with Crippen LogP contribution >= 0.6 is 0 Å². The van der Waals surface area contributed by atoms with Crippen LogP contribution in [0.1, 0.15) is 90.9 Å². The first-order chi connectivity index (χ1) is 8.88. The van der Waals surface area contributed by atoms with Crippen LogP contribution in [0.4, 0.5) is 0 Å². The van der Waals surface area contributed by atoms with Crippen LogP contribution in [0.25, 0.3) is 0 Å². The lowest BCUT2D eigenvalue weighted by Crippen LogP contribution is -2.15. The van der Waals surface area contributed by atoms with Gasteiger partial charge in [-0.2, -0.15) is 0 Å². The molecule has 2 unspecified atom stereocenters. The minimum absolute atomic E-state index is 0.716. The lowest BCUT2D eigenvalue weighted by atomic mass is 9.80. The Morgan fingerprint density at radius 3 is 2.33 bits per heavy atom. The van der Waals surface area contributed by atoms with Gasteiger partial charge in [-0.1, -0.05) is 64.7 Å². The molecular formula is C18H32. The minimum Gasteiger partial charge on any atom is -0.103 e. The molecule has 104 valence electrons. The maximum absolute atomic E-state index is 3.61. The zero-order valence-corrected chi connectivity index (χ0v) is 12.6. The largest absolute Gasteiger partial charge is 0.103 e. The highest BCUT2D eigenvalue weighted by molar-refractivity contribution is 5.06. The molecule has 0 amide bonds. The lowest BCUT2D eigenvalue weighted by molar-refractivity contribution is 0.310. The Balaban J connectivity index is 2.44. The molecule has 0 bridgehead atoms. The summed E-state index contributed by atoms with van der Waals surface area (Å²) in [6, 6.07) is 0. The second-order valence-electron chi connectivity index (χ2n) is 5.93. The highest BCUT2D eigenvalue weighted by atomic mass is 14.2. The predicted octanol–water partition coefficient (Wildman–Crippen LogP) is 5.96. The molecule has 0 heterocycles. The molecule has 0 N–H and O–H groups in total. The number of rotatable bonds is 8. The van der Waals surface area contributed by atoms with E-state index in [0.717, 1.165) is 12.3 Å². The molecule has 18 heavy (non-hydrogen) atoms. The van der Waals surface area contributed by atoms with Gasteiger partial charge in [0.25, 0.3) is 0 Å². The Kier molecular flexibility index (Phi) is 9.09. The number of hydrogen-bond acceptors (Lipinski definition) is 0. The van der Waals surface area contributed by atoms with E-state index in [0.29, 0.717) is 5.92 Å². The topological polar surface area (TPSA) is 0 Å². The van der Waals surface area contributed by atoms with Crippen LogP contribution in [-0.2, 0) is 0 Å². The highest BCUT2D eigenvalue weighted by Crippen LogP contribution is 2.30. The highest BCUT2D eigenvalue weighted by Gasteiger charge is 2.19. The summed E-state index contributed by atoms with van der Waals surface area (Å²) in [7, 11) is 0. The van der Waals surface area contributed by atoms with E-state index < -0.39 is 0 Å². The third-order valence-electron chi connectivity index (χ3n) is 4.28. The van der Waals surface area contributed by atoms with Crippen LogP contribution in [0.15, 0.2) is 0 Å². The second-order valence-corrected chi connectivity index (χ2v) is 5.93. The molecular weight excluding hydrogens is 216 g/mol. The molecule has 0 aromatic heterocycles. The standard InChI is InChI=1S/C18H32/c1-3-5-9-13-17-15-11-7-8-12-16-18(17)14-10-6-4-2/h17-18H,3-11,13-15H2,1-2H3. The Hall–Kier alpha value is -0.440. The molecule has 1 aliphatic carbocycles. The average Bonchev–Trinajstić information content (AvgIpc) is 2.35. The van der Waals surface area contributed by atoms with Crippen LogP contribution < -0.4 is 0 Å². The monoisotopic (exact) mass is 248 g/mol. The SMILES string of the molecule is CCCCCC1C#CCCCCC1CCCCC. The smallest absolute Gasteiger partial charge is 0.0231 e. The fourth-order valence-electron chi connectivity index (χ4n) is 3.07. The Labute approximate surface area is 115 Å². The Morgan fingerprint density at radius 2 is 1.61 bits per heavy atom. The van der Waals surface area contributed by atoms with Gasteiger partial charge in [-0.15, -0.1) is 5.92 Å². The van der Waals surface area contributed by atoms with E-state index in [1.54, 1.807) is 0 Å². The first-order valence-corrected chi connectivity index (χ1v) is 8.36. The van der Waals surface area contributed by atoms with Crippen molar-refractivity contribution >= 4 is 0 Å². The van der Waals surface area contributed by atoms with Crippen molar-refractivity contribution in [1.82, 2.24) is 0 Å². The molecule has 0 spiro atoms. The third kappa shape index (κ3) is 6.48. The van der Waals surface area contributed by atoms with E-state index >= 15 is 0 Å². The Bertz CT molecular complexity index is 242. The van der Waals surface area contributed by atoms with Gasteiger partial charge >= 0.3 is 0 Å². The summed E-state index contributed by atoms with van der Waals surface area (Å²) >= 11 is 0. The van der Waals surface area contributed by atoms with Crippen molar-refractivity contribution in [3.8, 4) is 11.8 Å². The average molecular weight is 248 g/mol. The van der Waals surface area contributed by atoms with Gasteiger partial charge in [-0.05, 0) is 31.6 Å². The molecule has 0 fully saturated rings. The second kappa shape index (κ2) is 10.5. The normalized spacial score (nSPS) is 23.9. The number of hydrogen-bond donors (Lipinski definition) is 0. The van der Waals surface area contributed by atoms with Gasteiger partial charge in [-0.25, -0.2) is 0 Å². The summed E-state index contributed by atoms with van der Waals surface area (Å²) < 4.78 is 0. The van der Waals surface area contributed by atoms with Gasteiger partial charge in [0.1, 0.15) is 0 Å². The van der Waals surface area contributed by atoms with Gasteiger partial charge in [0, 0.05) is 12.3 Å². The molecule has 0 saturated heterocycles. The summed E-state index contributed by atoms with van der Waals surface area (Å²) in [5.74, 6) is 8.66. The van der Waals surface area contributed by atoms with Crippen molar-refractivity contribution in [3.05, 3.63) is 0 Å². The fraction of sp³-hybridized carbons (Fsp3) is 0.889. The van der Waals surface area contributed by atoms with Crippen LogP contribution in [0.3, 0.4) is 0 Å². The summed E-state index contributed by atoms with van der Waals surface area (Å²) in [6.07, 6.45) is 16.4. The van der Waals surface area contributed by atoms with Crippen molar-refractivity contribution in [3.63, 3.8) is 0 Å². The van der Waals surface area contributed by atoms with Crippen LogP contribution in [0.5, 0.6) is 0 Å². The van der Waals surface area contributed by atoms with E-state index in [2.05, 4.69) is 25.7 Å². The molecule has 1 rings (SSSR count). The maximum Gasteiger partial charge on any atom is 0.0231 e. The molecule has 1 aliphatic rings. The van der Waals surface area contributed by atoms with Crippen molar-refractivity contribution in [2.24, 2.45) is 11.8 Å². The van der Waals surface area contributed by atoms with Gasteiger partial charge in [0.2, 0.25) is 0 Å². The molecule has 0 radical (unpaired) electrons. The minimum atomic E-state index is 0.716. The molecule has 0 saturated carbocycles. The summed E-state index contributed by atoms with van der Waals surface area (Å²) in [6.45, 7) is 4.60. The molecule has 0 aromatic carbocycles. The molecule has 0 aliphatic heterocycles. The van der Waals surface area contributed by atoms with Crippen LogP contribution in [0.2, 0.25) is 0 Å². The first-order valence-electron chi connectivity index (χ1n) is 8.36. The summed E-state index contributed by atoms with van der Waals surface area (Å²) in [4.78, 5) is 0. The Morgan fingerprint density at radius 1 is 0.889 bits per heavy atom. The van der Waals surface area contributed by atoms with Gasteiger partial charge in [-0.3, -0.25) is 0 Å². The summed E-state index contributed by atoms with van der Waals surface area (Å²) in [5.41, 5.74) is 0. The predicted molar refractivity (Wildman–Crippen MR) is 81.5 cm³/mol. The van der Waals surface area contributed by atoms with Crippen molar-refractivity contribution in [2.75, 3.05) is 0 Å². The van der Waals surface area contributed by atoms with E-state index in [4.69, 9.17) is 0 Å². The van der Waals surface area contributed by atoms with E-state index in [-0.39, 0.29) is 0 Å². The number of unbranched alkanes of at least 4 members (excludes halogenated alkanes) is 4. The zero-order chi connectivity index (χ0) is 13.1. The van der Waals surface area contributed by atoms with Gasteiger partial charge < -0.3 is 0 Å². The quantitative estimate of drug-likeness (QED) is 0.367. The van der Waals surface area contributed by atoms with E-state index in [1.807, 2.05) is 0 Å². The zero-order valence-electron chi connectivity index (χ0n) is 12.6. The van der Waals surface area contributed by atoms with Crippen molar-refractivity contribution in [2.45, 2.75) is 90.9 Å². The van der Waals surface area contributed by atoms with Crippen molar-refractivity contribution < 1.29 is 0 Å². The fourth-order valence-corrected chi connectivity index (χ4v) is 3.07. The van der Waals surface area contributed by atoms with Crippen LogP contribution in [-0.4, -0.2) is 0 Å². The third-order valence-corrected chi connectivity index (χ3v) is 4.28. The lowest BCUT2D eigenvalue weighted by Gasteiger charge is -2.24. The van der Waals surface area contributed by atoms with Gasteiger partial charge in [0.15, 0.2) is 0 Å². The van der Waals surface area contributed by atoms with E-state index in [9.17, 15) is 0 Å². The van der Waals surface area contributed by atoms with Gasteiger partial charge in [0.05, 0.1) is 0 Å². The molecule has 2 atom stereocenters. The first kappa shape index (κ1) is 15.6. The molecule has 0 heteroatoms. The summed E-state index contributed by atoms with van der Waals surface area (Å²) in [5, 5.41) is 0. The maximum atomic E-state index is 3.61. The van der Waals surface area contributed by atoms with Crippen molar-refractivity contribution in [1.29, 1.82) is 0 Å². The molecule has 0 nitrogen and oxygen atoms in total. The molecule has 0 aromatic rings. The van der Waals surface area contributed by atoms with E-state index in [1.165, 1.54) is 70.6 Å². The van der Waals surface area contributed by atoms with Crippen LogP contribution in [0, 0.1) is 23.7 Å².